The summed E-state index contributed by atoms with van der Waals surface area (Å²) in [5.74, 6) is -0.331. The van der Waals surface area contributed by atoms with E-state index in [1.54, 1.807) is 22.9 Å². The van der Waals surface area contributed by atoms with Crippen molar-refractivity contribution in [2.45, 2.75) is 25.8 Å². The van der Waals surface area contributed by atoms with Crippen molar-refractivity contribution in [3.63, 3.8) is 0 Å². The van der Waals surface area contributed by atoms with Crippen molar-refractivity contribution in [2.24, 2.45) is 0 Å². The molecule has 3 aromatic rings. The van der Waals surface area contributed by atoms with Gasteiger partial charge in [0.1, 0.15) is 5.56 Å². The van der Waals surface area contributed by atoms with Crippen LogP contribution in [0.15, 0.2) is 34.6 Å². The molecule has 0 saturated carbocycles. The van der Waals surface area contributed by atoms with Crippen molar-refractivity contribution >= 4 is 33.9 Å². The number of nitrogens with zero attached hydrogens (tertiary/aromatic N) is 1. The van der Waals surface area contributed by atoms with E-state index in [1.807, 2.05) is 18.2 Å². The largest absolute Gasteiger partial charge is 0.483 e. The Labute approximate surface area is 152 Å². The average Bonchev–Trinajstić information content (AvgIpc) is 3.28. The van der Waals surface area contributed by atoms with Crippen molar-refractivity contribution in [3.05, 3.63) is 62.5 Å². The van der Waals surface area contributed by atoms with Crippen LogP contribution in [0.25, 0.3) is 10.2 Å². The molecule has 2 aromatic heterocycles. The van der Waals surface area contributed by atoms with Gasteiger partial charge in [0.25, 0.3) is 17.9 Å². The number of aryl methyl sites for hydroxylation is 2. The molecule has 0 spiro atoms. The lowest BCUT2D eigenvalue weighted by molar-refractivity contribution is -0.122. The van der Waals surface area contributed by atoms with Gasteiger partial charge in [0, 0.05) is 12.2 Å². The number of pyridine rings is 1. The summed E-state index contributed by atoms with van der Waals surface area (Å²) >= 11 is 1.55. The van der Waals surface area contributed by atoms with Crippen molar-refractivity contribution in [2.75, 3.05) is 0 Å². The third-order valence-corrected chi connectivity index (χ3v) is 5.13. The Hall–Kier alpha value is -3.00. The fraction of sp³-hybridized carbons (Fsp3) is 0.222. The van der Waals surface area contributed by atoms with E-state index in [0.717, 1.165) is 46.3 Å². The highest BCUT2D eigenvalue weighted by atomic mass is 32.1. The smallest absolute Gasteiger partial charge is 0.290 e. The number of fused-ring (bicyclic) bond motifs is 2. The van der Waals surface area contributed by atoms with E-state index in [1.165, 1.54) is 0 Å². The van der Waals surface area contributed by atoms with Gasteiger partial charge in [0.05, 0.1) is 15.7 Å². The first-order valence-electron chi connectivity index (χ1n) is 8.06. The van der Waals surface area contributed by atoms with Crippen LogP contribution < -0.4 is 10.9 Å². The van der Waals surface area contributed by atoms with E-state index >= 15 is 0 Å². The summed E-state index contributed by atoms with van der Waals surface area (Å²) in [6.45, 7) is 0.134. The van der Waals surface area contributed by atoms with E-state index in [9.17, 15) is 9.59 Å². The summed E-state index contributed by atoms with van der Waals surface area (Å²) in [7, 11) is 0. The van der Waals surface area contributed by atoms with Crippen molar-refractivity contribution in [1.82, 2.24) is 15.3 Å². The molecule has 4 rings (SSSR count). The monoisotopic (exact) mass is 371 g/mol. The molecule has 1 aliphatic carbocycles. The highest BCUT2D eigenvalue weighted by Gasteiger charge is 2.18. The number of aromatic nitrogens is 2. The van der Waals surface area contributed by atoms with Crippen LogP contribution in [0.3, 0.4) is 0 Å². The maximum absolute atomic E-state index is 12.4. The molecule has 0 aliphatic heterocycles. The van der Waals surface area contributed by atoms with Gasteiger partial charge in [-0.3, -0.25) is 14.4 Å². The zero-order chi connectivity index (χ0) is 18.5. The van der Waals surface area contributed by atoms with Crippen LogP contribution in [-0.2, 0) is 24.2 Å². The first kappa shape index (κ1) is 17.8. The number of carboxylic acid groups (broad SMARTS) is 1. The first-order chi connectivity index (χ1) is 12.6. The van der Waals surface area contributed by atoms with Crippen molar-refractivity contribution in [3.8, 4) is 0 Å². The molecule has 1 aromatic carbocycles. The Kier molecular flexibility index (Phi) is 5.43. The Morgan fingerprint density at radius 1 is 1.38 bits per heavy atom. The van der Waals surface area contributed by atoms with Crippen molar-refractivity contribution in [1.29, 1.82) is 0 Å². The second-order valence-corrected chi connectivity index (χ2v) is 6.63. The topological polar surface area (TPSA) is 112 Å². The van der Waals surface area contributed by atoms with Crippen LogP contribution >= 0.6 is 11.3 Å². The molecule has 0 saturated heterocycles. The van der Waals surface area contributed by atoms with Crippen molar-refractivity contribution < 1.29 is 14.7 Å². The van der Waals surface area contributed by atoms with E-state index < -0.39 is 0 Å². The predicted octanol–water partition coefficient (Wildman–Crippen LogP) is 2.10. The predicted molar refractivity (Wildman–Crippen MR) is 98.6 cm³/mol. The number of carbonyl (C=O) groups excluding carboxylic acids is 1. The van der Waals surface area contributed by atoms with Crippen LogP contribution in [0, 0.1) is 0 Å². The maximum atomic E-state index is 12.4. The van der Waals surface area contributed by atoms with Gasteiger partial charge in [-0.1, -0.05) is 12.1 Å². The SMILES string of the molecule is O=C(NCc1cccc2ncsc12)c1cc2c([nH]c1=O)CCC2.O=CO. The minimum absolute atomic E-state index is 0.196. The second kappa shape index (κ2) is 7.92. The standard InChI is InChI=1S/C17H15N3O2S.CH2O2/c21-16(12-7-10-3-1-5-13(10)20-17(12)22)18-8-11-4-2-6-14-15(11)23-9-19-14;2-1-3/h2,4,6-7,9H,1,3,5,8H2,(H,18,21)(H,20,22);1H,(H,2,3). The molecule has 1 amide bonds. The first-order valence-corrected chi connectivity index (χ1v) is 8.94. The number of thiazole rings is 1. The molecule has 1 aliphatic rings. The third-order valence-electron chi connectivity index (χ3n) is 4.21. The van der Waals surface area contributed by atoms with Gasteiger partial charge in [-0.15, -0.1) is 11.3 Å². The van der Waals surface area contributed by atoms with Gasteiger partial charge in [0.15, 0.2) is 0 Å². The molecule has 134 valence electrons. The summed E-state index contributed by atoms with van der Waals surface area (Å²) in [6.07, 6.45) is 2.84. The zero-order valence-electron chi connectivity index (χ0n) is 13.8. The molecule has 8 heteroatoms. The fourth-order valence-corrected chi connectivity index (χ4v) is 3.84. The molecular weight excluding hydrogens is 354 g/mol. The quantitative estimate of drug-likeness (QED) is 0.611. The number of rotatable bonds is 3. The number of aromatic amines is 1. The van der Waals surface area contributed by atoms with E-state index in [-0.39, 0.29) is 23.5 Å². The molecule has 7 nitrogen and oxygen atoms in total. The summed E-state index contributed by atoms with van der Waals surface area (Å²) in [5, 5.41) is 9.74. The lowest BCUT2D eigenvalue weighted by atomic mass is 10.1. The van der Waals surface area contributed by atoms with Gasteiger partial charge >= 0.3 is 0 Å². The number of nitrogens with one attached hydrogen (secondary N) is 2. The highest BCUT2D eigenvalue weighted by molar-refractivity contribution is 7.16. The van der Waals surface area contributed by atoms with Gasteiger partial charge in [-0.05, 0) is 42.5 Å². The number of benzene rings is 1. The second-order valence-electron chi connectivity index (χ2n) is 5.78. The molecule has 0 unspecified atom stereocenters. The highest BCUT2D eigenvalue weighted by Crippen LogP contribution is 2.22. The summed E-state index contributed by atoms with van der Waals surface area (Å²) in [6, 6.07) is 7.58. The number of hydrogen-bond donors (Lipinski definition) is 3. The van der Waals surface area contributed by atoms with E-state index in [4.69, 9.17) is 9.90 Å². The molecule has 0 radical (unpaired) electrons. The average molecular weight is 371 g/mol. The maximum Gasteiger partial charge on any atom is 0.290 e. The minimum atomic E-state index is -0.331. The third kappa shape index (κ3) is 3.65. The molecule has 2 heterocycles. The summed E-state index contributed by atoms with van der Waals surface area (Å²) in [4.78, 5) is 39.9. The fourth-order valence-electron chi connectivity index (χ4n) is 3.04. The number of hydrogen-bond acceptors (Lipinski definition) is 5. The van der Waals surface area contributed by atoms with Gasteiger partial charge in [0.2, 0.25) is 0 Å². The van der Waals surface area contributed by atoms with Gasteiger partial charge in [-0.2, -0.15) is 0 Å². The summed E-state index contributed by atoms with van der Waals surface area (Å²) < 4.78 is 1.07. The van der Waals surface area contributed by atoms with Crippen LogP contribution in [-0.4, -0.2) is 27.5 Å². The lowest BCUT2D eigenvalue weighted by Crippen LogP contribution is -2.29. The Morgan fingerprint density at radius 3 is 3.00 bits per heavy atom. The molecule has 0 atom stereocenters. The Bertz CT molecular complexity index is 1010. The number of carbonyl (C=O) groups is 2. The minimum Gasteiger partial charge on any atom is -0.483 e. The van der Waals surface area contributed by atoms with Gasteiger partial charge in [-0.25, -0.2) is 4.98 Å². The molecule has 3 N–H and O–H groups in total. The normalized spacial score (nSPS) is 12.2. The molecule has 0 bridgehead atoms. The number of H-pyrrole nitrogens is 1. The number of amides is 1. The van der Waals surface area contributed by atoms with Crippen LogP contribution in [0.1, 0.15) is 33.6 Å². The van der Waals surface area contributed by atoms with Crippen LogP contribution in [0.5, 0.6) is 0 Å². The Morgan fingerprint density at radius 2 is 2.19 bits per heavy atom. The molecule has 0 fully saturated rings. The summed E-state index contributed by atoms with van der Waals surface area (Å²) in [5.41, 5.74) is 5.68. The van der Waals surface area contributed by atoms with Crippen LogP contribution in [0.4, 0.5) is 0 Å². The van der Waals surface area contributed by atoms with E-state index in [0.29, 0.717) is 6.54 Å². The Balaban J connectivity index is 0.000000613. The van der Waals surface area contributed by atoms with Gasteiger partial charge < -0.3 is 15.4 Å². The lowest BCUT2D eigenvalue weighted by Gasteiger charge is -2.07. The van der Waals surface area contributed by atoms with Crippen LogP contribution in [0.2, 0.25) is 0 Å². The van der Waals surface area contributed by atoms with E-state index in [2.05, 4.69) is 15.3 Å². The molecular formula is C18H17N3O4S. The molecule has 26 heavy (non-hydrogen) atoms. The zero-order valence-corrected chi connectivity index (χ0v) is 14.6.